The van der Waals surface area contributed by atoms with Crippen molar-refractivity contribution in [1.82, 2.24) is 10.2 Å². The highest BCUT2D eigenvalue weighted by atomic mass is 16.2. The van der Waals surface area contributed by atoms with Gasteiger partial charge in [-0.1, -0.05) is 0 Å². The summed E-state index contributed by atoms with van der Waals surface area (Å²) in [6.07, 6.45) is 4.62. The zero-order valence-electron chi connectivity index (χ0n) is 8.08. The van der Waals surface area contributed by atoms with Crippen LogP contribution in [0.25, 0.3) is 0 Å². The molecule has 0 unspecified atom stereocenters. The summed E-state index contributed by atoms with van der Waals surface area (Å²) in [4.78, 5) is 25.5. The molecule has 1 atom stereocenters. The van der Waals surface area contributed by atoms with E-state index < -0.39 is 5.54 Å². The number of hydrogen-bond donors (Lipinski definition) is 1. The van der Waals surface area contributed by atoms with E-state index in [0.717, 1.165) is 38.6 Å². The number of carbonyl (C=O) groups is 2. The molecule has 3 fully saturated rings. The van der Waals surface area contributed by atoms with Crippen LogP contribution in [0, 0.1) is 0 Å². The van der Waals surface area contributed by atoms with Gasteiger partial charge >= 0.3 is 0 Å². The molecule has 1 N–H and O–H groups in total. The highest BCUT2D eigenvalue weighted by Crippen LogP contribution is 2.41. The Morgan fingerprint density at radius 3 is 2.79 bits per heavy atom. The molecule has 3 aliphatic rings. The fraction of sp³-hybridized carbons (Fsp3) is 0.800. The molecule has 1 spiro atoms. The molecule has 0 aromatic carbocycles. The van der Waals surface area contributed by atoms with Gasteiger partial charge in [-0.3, -0.25) is 9.59 Å². The molecule has 0 aromatic heterocycles. The minimum Gasteiger partial charge on any atom is -0.340 e. The Labute approximate surface area is 82.6 Å². The number of hydrogen-bond acceptors (Lipinski definition) is 2. The first-order chi connectivity index (χ1) is 6.73. The van der Waals surface area contributed by atoms with Gasteiger partial charge in [0.25, 0.3) is 0 Å². The first-order valence-corrected chi connectivity index (χ1v) is 5.36. The van der Waals surface area contributed by atoms with Crippen LogP contribution < -0.4 is 5.32 Å². The maximum atomic E-state index is 12.0. The number of piperidine rings is 1. The molecule has 3 rings (SSSR count). The third kappa shape index (κ3) is 0.938. The molecule has 1 aliphatic carbocycles. The zero-order chi connectivity index (χ0) is 9.76. The fourth-order valence-corrected chi connectivity index (χ4v) is 2.56. The van der Waals surface area contributed by atoms with E-state index in [1.165, 1.54) is 0 Å². The van der Waals surface area contributed by atoms with Crippen LogP contribution >= 0.6 is 0 Å². The minimum absolute atomic E-state index is 0.0711. The molecule has 1 saturated carbocycles. The highest BCUT2D eigenvalue weighted by Gasteiger charge is 2.58. The lowest BCUT2D eigenvalue weighted by Gasteiger charge is -2.42. The predicted octanol–water partition coefficient (Wildman–Crippen LogP) is 0.0299. The number of nitrogens with one attached hydrogen (secondary N) is 1. The van der Waals surface area contributed by atoms with Gasteiger partial charge in [-0.05, 0) is 32.1 Å². The first-order valence-electron chi connectivity index (χ1n) is 5.36. The number of rotatable bonds is 0. The van der Waals surface area contributed by atoms with Gasteiger partial charge in [-0.2, -0.15) is 0 Å². The molecule has 2 heterocycles. The number of amides is 2. The largest absolute Gasteiger partial charge is 0.340 e. The molecule has 14 heavy (non-hydrogen) atoms. The van der Waals surface area contributed by atoms with Crippen LogP contribution in [0.15, 0.2) is 0 Å². The molecule has 0 aromatic rings. The second kappa shape index (κ2) is 2.49. The van der Waals surface area contributed by atoms with Gasteiger partial charge < -0.3 is 10.2 Å². The summed E-state index contributed by atoms with van der Waals surface area (Å²) >= 11 is 0. The summed E-state index contributed by atoms with van der Waals surface area (Å²) < 4.78 is 0. The standard InChI is InChI=1S/C10H14N2O2/c13-8-7-3-1-2-6-12(7)9(14)10(11-8)4-5-10/h7H,1-6H2,(H,11,13)/t7-/m0/s1. The molecule has 76 valence electrons. The van der Waals surface area contributed by atoms with Crippen LogP contribution in [0.2, 0.25) is 0 Å². The summed E-state index contributed by atoms with van der Waals surface area (Å²) in [5.41, 5.74) is -0.467. The third-order valence-corrected chi connectivity index (χ3v) is 3.59. The van der Waals surface area contributed by atoms with Crippen molar-refractivity contribution in [1.29, 1.82) is 0 Å². The predicted molar refractivity (Wildman–Crippen MR) is 49.5 cm³/mol. The number of nitrogens with zero attached hydrogens (tertiary/aromatic N) is 1. The van der Waals surface area contributed by atoms with E-state index in [1.807, 2.05) is 0 Å². The van der Waals surface area contributed by atoms with Crippen LogP contribution in [-0.2, 0) is 9.59 Å². The van der Waals surface area contributed by atoms with Crippen LogP contribution in [0.4, 0.5) is 0 Å². The maximum Gasteiger partial charge on any atom is 0.249 e. The van der Waals surface area contributed by atoms with E-state index in [2.05, 4.69) is 5.32 Å². The molecular formula is C10H14N2O2. The quantitative estimate of drug-likeness (QED) is 0.591. The van der Waals surface area contributed by atoms with Gasteiger partial charge in [0, 0.05) is 6.54 Å². The van der Waals surface area contributed by atoms with Gasteiger partial charge in [0.1, 0.15) is 11.6 Å². The van der Waals surface area contributed by atoms with Crippen molar-refractivity contribution < 1.29 is 9.59 Å². The SMILES string of the molecule is O=C1NC2(CC2)C(=O)N2CCCC[C@@H]12. The Morgan fingerprint density at radius 1 is 1.29 bits per heavy atom. The van der Waals surface area contributed by atoms with E-state index in [0.29, 0.717) is 0 Å². The van der Waals surface area contributed by atoms with E-state index in [1.54, 1.807) is 4.90 Å². The van der Waals surface area contributed by atoms with E-state index in [4.69, 9.17) is 0 Å². The monoisotopic (exact) mass is 194 g/mol. The lowest BCUT2D eigenvalue weighted by Crippen LogP contribution is -2.65. The smallest absolute Gasteiger partial charge is 0.249 e. The highest BCUT2D eigenvalue weighted by molar-refractivity contribution is 6.01. The van der Waals surface area contributed by atoms with Crippen molar-refractivity contribution in [3.63, 3.8) is 0 Å². The maximum absolute atomic E-state index is 12.0. The topological polar surface area (TPSA) is 49.4 Å². The lowest BCUT2D eigenvalue weighted by atomic mass is 9.96. The normalized spacial score (nSPS) is 34.0. The third-order valence-electron chi connectivity index (χ3n) is 3.59. The summed E-state index contributed by atoms with van der Waals surface area (Å²) in [5.74, 6) is 0.239. The summed E-state index contributed by atoms with van der Waals surface area (Å²) in [6.45, 7) is 0.776. The van der Waals surface area contributed by atoms with Gasteiger partial charge in [-0.15, -0.1) is 0 Å². The molecular weight excluding hydrogens is 180 g/mol. The Hall–Kier alpha value is -1.06. The Morgan fingerprint density at radius 2 is 2.07 bits per heavy atom. The van der Waals surface area contributed by atoms with Crippen molar-refractivity contribution in [2.45, 2.75) is 43.7 Å². The Kier molecular flexibility index (Phi) is 1.47. The van der Waals surface area contributed by atoms with Crippen LogP contribution in [0.1, 0.15) is 32.1 Å². The zero-order valence-corrected chi connectivity index (χ0v) is 8.08. The van der Waals surface area contributed by atoms with Crippen molar-refractivity contribution in [3.05, 3.63) is 0 Å². The summed E-state index contributed by atoms with van der Waals surface area (Å²) in [7, 11) is 0. The second-order valence-electron chi connectivity index (χ2n) is 4.58. The molecule has 4 nitrogen and oxygen atoms in total. The molecule has 2 saturated heterocycles. The fourth-order valence-electron chi connectivity index (χ4n) is 2.56. The van der Waals surface area contributed by atoms with Crippen LogP contribution in [0.5, 0.6) is 0 Å². The Bertz CT molecular complexity index is 309. The second-order valence-corrected chi connectivity index (χ2v) is 4.58. The van der Waals surface area contributed by atoms with E-state index in [-0.39, 0.29) is 17.9 Å². The van der Waals surface area contributed by atoms with Crippen LogP contribution in [-0.4, -0.2) is 34.8 Å². The van der Waals surface area contributed by atoms with Gasteiger partial charge in [0.15, 0.2) is 0 Å². The summed E-state index contributed by atoms with van der Waals surface area (Å²) in [5, 5.41) is 2.89. The first kappa shape index (κ1) is 8.26. The molecule has 4 heteroatoms. The van der Waals surface area contributed by atoms with Gasteiger partial charge in [0.2, 0.25) is 11.8 Å². The van der Waals surface area contributed by atoms with Crippen molar-refractivity contribution in [2.75, 3.05) is 6.54 Å². The average Bonchev–Trinajstić information content (AvgIpc) is 2.96. The van der Waals surface area contributed by atoms with Crippen molar-refractivity contribution in [2.24, 2.45) is 0 Å². The van der Waals surface area contributed by atoms with Crippen molar-refractivity contribution in [3.8, 4) is 0 Å². The average molecular weight is 194 g/mol. The summed E-state index contributed by atoms with van der Waals surface area (Å²) in [6, 6.07) is -0.164. The number of fused-ring (bicyclic) bond motifs is 1. The van der Waals surface area contributed by atoms with E-state index >= 15 is 0 Å². The van der Waals surface area contributed by atoms with Crippen LogP contribution in [0.3, 0.4) is 0 Å². The van der Waals surface area contributed by atoms with Gasteiger partial charge in [-0.25, -0.2) is 0 Å². The number of piperazine rings is 1. The number of carbonyl (C=O) groups excluding carboxylic acids is 2. The van der Waals surface area contributed by atoms with Gasteiger partial charge in [0.05, 0.1) is 0 Å². The minimum atomic E-state index is -0.467. The lowest BCUT2D eigenvalue weighted by molar-refractivity contribution is -0.152. The Balaban J connectivity index is 1.91. The molecule has 2 amide bonds. The molecule has 2 aliphatic heterocycles. The molecule has 0 radical (unpaired) electrons. The molecule has 0 bridgehead atoms. The van der Waals surface area contributed by atoms with Crippen molar-refractivity contribution >= 4 is 11.8 Å². The van der Waals surface area contributed by atoms with E-state index in [9.17, 15) is 9.59 Å².